The molecule has 2 heterocycles. The van der Waals surface area contributed by atoms with E-state index in [1.165, 1.54) is 12.8 Å². The van der Waals surface area contributed by atoms with Gasteiger partial charge in [-0.25, -0.2) is 9.98 Å². The molecule has 1 saturated carbocycles. The lowest BCUT2D eigenvalue weighted by atomic mass is 9.78. The maximum Gasteiger partial charge on any atom is 0.187 e. The van der Waals surface area contributed by atoms with Gasteiger partial charge in [-0.2, -0.15) is 0 Å². The Morgan fingerprint density at radius 3 is 1.50 bits per heavy atom. The predicted molar refractivity (Wildman–Crippen MR) is 89.5 cm³/mol. The highest BCUT2D eigenvalue weighted by molar-refractivity contribution is 5.89. The van der Waals surface area contributed by atoms with Gasteiger partial charge in [0.1, 0.15) is 13.2 Å². The highest BCUT2D eigenvalue weighted by atomic mass is 16.5. The van der Waals surface area contributed by atoms with Gasteiger partial charge in [0.15, 0.2) is 11.8 Å². The Labute approximate surface area is 134 Å². The molecule has 0 aromatic heterocycles. The predicted octanol–water partition coefficient (Wildman–Crippen LogP) is 3.70. The van der Waals surface area contributed by atoms with Crippen LogP contribution in [0.2, 0.25) is 0 Å². The average molecular weight is 306 g/mol. The second kappa shape index (κ2) is 6.59. The maximum atomic E-state index is 5.97. The van der Waals surface area contributed by atoms with Gasteiger partial charge in [-0.1, -0.05) is 40.5 Å². The van der Waals surface area contributed by atoms with Gasteiger partial charge >= 0.3 is 0 Å². The molecule has 3 aliphatic rings. The molecule has 4 nitrogen and oxygen atoms in total. The molecule has 124 valence electrons. The molecule has 0 unspecified atom stereocenters. The van der Waals surface area contributed by atoms with Crippen molar-refractivity contribution in [2.45, 2.75) is 65.5 Å². The molecule has 0 radical (unpaired) electrons. The molecule has 2 aliphatic heterocycles. The Balaban J connectivity index is 1.75. The van der Waals surface area contributed by atoms with Crippen molar-refractivity contribution in [1.29, 1.82) is 0 Å². The maximum absolute atomic E-state index is 5.97. The van der Waals surface area contributed by atoms with Gasteiger partial charge in [-0.05, 0) is 24.7 Å². The molecule has 0 aromatic rings. The van der Waals surface area contributed by atoms with Gasteiger partial charge in [0.25, 0.3) is 0 Å². The lowest BCUT2D eigenvalue weighted by molar-refractivity contribution is 0.228. The molecule has 4 heteroatoms. The summed E-state index contributed by atoms with van der Waals surface area (Å²) in [6, 6.07) is 0.653. The summed E-state index contributed by atoms with van der Waals surface area (Å²) in [5.41, 5.74) is 0. The standard InChI is InChI=1S/C18H30N2O2/c1-11(2)15-9-21-17(19-15)13-7-5-6-8-14(13)18-20-16(10-22-18)12(3)4/h11-16H,5-10H2,1-4H3/t13-,14-,15+,16+/m0/s1. The van der Waals surface area contributed by atoms with E-state index in [0.29, 0.717) is 35.8 Å². The van der Waals surface area contributed by atoms with E-state index in [-0.39, 0.29) is 0 Å². The van der Waals surface area contributed by atoms with Crippen molar-refractivity contribution in [2.24, 2.45) is 33.7 Å². The second-order valence-electron chi connectivity index (χ2n) is 7.68. The minimum absolute atomic E-state index is 0.326. The van der Waals surface area contributed by atoms with Crippen LogP contribution in [-0.4, -0.2) is 37.1 Å². The second-order valence-corrected chi connectivity index (χ2v) is 7.68. The largest absolute Gasteiger partial charge is 0.478 e. The number of ether oxygens (including phenoxy) is 2. The number of aliphatic imine (C=N–C) groups is 2. The number of hydrogen-bond donors (Lipinski definition) is 0. The molecular formula is C18H30N2O2. The van der Waals surface area contributed by atoms with E-state index >= 15 is 0 Å². The third-order valence-electron chi connectivity index (χ3n) is 5.33. The van der Waals surface area contributed by atoms with E-state index in [9.17, 15) is 0 Å². The summed E-state index contributed by atoms with van der Waals surface area (Å²) in [6.45, 7) is 10.4. The van der Waals surface area contributed by atoms with Gasteiger partial charge in [0.2, 0.25) is 0 Å². The zero-order chi connectivity index (χ0) is 15.7. The van der Waals surface area contributed by atoms with Crippen LogP contribution in [-0.2, 0) is 9.47 Å². The van der Waals surface area contributed by atoms with Crippen LogP contribution in [0.15, 0.2) is 9.98 Å². The molecule has 22 heavy (non-hydrogen) atoms. The fourth-order valence-electron chi connectivity index (χ4n) is 3.63. The van der Waals surface area contributed by atoms with Gasteiger partial charge in [0, 0.05) is 11.8 Å². The van der Waals surface area contributed by atoms with Crippen molar-refractivity contribution in [3.8, 4) is 0 Å². The normalized spacial score (nSPS) is 35.4. The lowest BCUT2D eigenvalue weighted by Gasteiger charge is -2.30. The molecule has 3 rings (SSSR count). The van der Waals surface area contributed by atoms with E-state index < -0.39 is 0 Å². The van der Waals surface area contributed by atoms with Gasteiger partial charge in [-0.3, -0.25) is 0 Å². The molecular weight excluding hydrogens is 276 g/mol. The van der Waals surface area contributed by atoms with E-state index in [2.05, 4.69) is 27.7 Å². The lowest BCUT2D eigenvalue weighted by Crippen LogP contribution is -2.33. The number of nitrogens with zero attached hydrogens (tertiary/aromatic N) is 2. The van der Waals surface area contributed by atoms with Crippen LogP contribution in [0.1, 0.15) is 53.4 Å². The van der Waals surface area contributed by atoms with E-state index in [4.69, 9.17) is 19.5 Å². The quantitative estimate of drug-likeness (QED) is 0.795. The SMILES string of the molecule is CC(C)[C@H]1COC([C@H]2CCCC[C@@H]2C2=N[C@@H](C(C)C)CO2)=N1. The smallest absolute Gasteiger partial charge is 0.187 e. The highest BCUT2D eigenvalue weighted by Crippen LogP contribution is 2.36. The van der Waals surface area contributed by atoms with Crippen molar-refractivity contribution in [3.63, 3.8) is 0 Å². The zero-order valence-electron chi connectivity index (χ0n) is 14.4. The Morgan fingerprint density at radius 2 is 1.18 bits per heavy atom. The van der Waals surface area contributed by atoms with Crippen LogP contribution in [0.3, 0.4) is 0 Å². The molecule has 0 saturated heterocycles. The summed E-state index contributed by atoms with van der Waals surface area (Å²) in [4.78, 5) is 9.74. The molecule has 0 bridgehead atoms. The van der Waals surface area contributed by atoms with E-state index in [1.54, 1.807) is 0 Å². The van der Waals surface area contributed by atoms with Crippen molar-refractivity contribution in [1.82, 2.24) is 0 Å². The summed E-state index contributed by atoms with van der Waals surface area (Å²) < 4.78 is 11.9. The monoisotopic (exact) mass is 306 g/mol. The fraction of sp³-hybridized carbons (Fsp3) is 0.889. The van der Waals surface area contributed by atoms with E-state index in [1.807, 2.05) is 0 Å². The third kappa shape index (κ3) is 3.16. The van der Waals surface area contributed by atoms with Crippen LogP contribution in [0.4, 0.5) is 0 Å². The van der Waals surface area contributed by atoms with Crippen LogP contribution in [0.5, 0.6) is 0 Å². The first-order valence-corrected chi connectivity index (χ1v) is 8.97. The molecule has 0 spiro atoms. The molecule has 0 N–H and O–H groups in total. The Kier molecular flexibility index (Phi) is 4.74. The molecule has 1 fully saturated rings. The first-order chi connectivity index (χ1) is 10.6. The third-order valence-corrected chi connectivity index (χ3v) is 5.33. The van der Waals surface area contributed by atoms with Gasteiger partial charge < -0.3 is 9.47 Å². The number of hydrogen-bond acceptors (Lipinski definition) is 4. The highest BCUT2D eigenvalue weighted by Gasteiger charge is 2.40. The summed E-state index contributed by atoms with van der Waals surface area (Å²) in [6.07, 6.45) is 4.83. The van der Waals surface area contributed by atoms with Crippen LogP contribution < -0.4 is 0 Å². The average Bonchev–Trinajstić information content (AvgIpc) is 3.17. The molecule has 0 aromatic carbocycles. The van der Waals surface area contributed by atoms with Crippen molar-refractivity contribution >= 4 is 11.8 Å². The Hall–Kier alpha value is -1.06. The summed E-state index contributed by atoms with van der Waals surface area (Å²) in [5.74, 6) is 3.80. The molecule has 1 aliphatic carbocycles. The van der Waals surface area contributed by atoms with Crippen molar-refractivity contribution in [2.75, 3.05) is 13.2 Å². The van der Waals surface area contributed by atoms with Gasteiger partial charge in [0.05, 0.1) is 12.1 Å². The van der Waals surface area contributed by atoms with Crippen molar-refractivity contribution in [3.05, 3.63) is 0 Å². The van der Waals surface area contributed by atoms with Crippen LogP contribution in [0.25, 0.3) is 0 Å². The summed E-state index contributed by atoms with van der Waals surface area (Å²) >= 11 is 0. The number of rotatable bonds is 4. The first-order valence-electron chi connectivity index (χ1n) is 8.97. The Morgan fingerprint density at radius 1 is 0.773 bits per heavy atom. The molecule has 0 amide bonds. The first kappa shape index (κ1) is 15.8. The van der Waals surface area contributed by atoms with E-state index in [0.717, 1.165) is 37.9 Å². The minimum atomic E-state index is 0.326. The van der Waals surface area contributed by atoms with Crippen LogP contribution in [0, 0.1) is 23.7 Å². The Bertz CT molecular complexity index is 414. The topological polar surface area (TPSA) is 43.2 Å². The van der Waals surface area contributed by atoms with Gasteiger partial charge in [-0.15, -0.1) is 0 Å². The van der Waals surface area contributed by atoms with Crippen molar-refractivity contribution < 1.29 is 9.47 Å². The summed E-state index contributed by atoms with van der Waals surface area (Å²) in [7, 11) is 0. The minimum Gasteiger partial charge on any atom is -0.478 e. The zero-order valence-corrected chi connectivity index (χ0v) is 14.4. The summed E-state index contributed by atoms with van der Waals surface area (Å²) in [5, 5.41) is 0. The molecule has 4 atom stereocenters. The fourth-order valence-corrected chi connectivity index (χ4v) is 3.63. The van der Waals surface area contributed by atoms with Crippen LogP contribution >= 0.6 is 0 Å².